The fraction of sp³-hybridized carbons (Fsp3) is 0.526. The van der Waals surface area contributed by atoms with Crippen LogP contribution in [0, 0.1) is 0 Å². The van der Waals surface area contributed by atoms with E-state index in [-0.39, 0.29) is 37.0 Å². The Labute approximate surface area is 191 Å². The van der Waals surface area contributed by atoms with Crippen LogP contribution in [0.15, 0.2) is 12.3 Å². The SMILES string of the molecule is CC1(C)NC(=O)N(CC(=O)OCC(=O)N2CCN(c3ncc(C(F)(F)F)cc3Cl)CC2)C1=O. The Balaban J connectivity index is 1.47. The summed E-state index contributed by atoms with van der Waals surface area (Å²) in [6, 6.07) is 0.0767. The third kappa shape index (κ3) is 5.46. The lowest BCUT2D eigenvalue weighted by Gasteiger charge is -2.35. The molecule has 2 aliphatic heterocycles. The van der Waals surface area contributed by atoms with E-state index in [1.807, 2.05) is 0 Å². The summed E-state index contributed by atoms with van der Waals surface area (Å²) in [4.78, 5) is 55.8. The highest BCUT2D eigenvalue weighted by Crippen LogP contribution is 2.33. The van der Waals surface area contributed by atoms with Crippen LogP contribution in [0.4, 0.5) is 23.8 Å². The molecule has 2 aliphatic rings. The zero-order chi connectivity index (χ0) is 24.6. The van der Waals surface area contributed by atoms with Crippen molar-refractivity contribution in [1.82, 2.24) is 20.1 Å². The molecule has 4 amide bonds. The second-order valence-electron chi connectivity index (χ2n) is 8.00. The van der Waals surface area contributed by atoms with Gasteiger partial charge in [0.15, 0.2) is 6.61 Å². The molecule has 0 radical (unpaired) electrons. The molecular weight excluding hydrogens is 471 g/mol. The number of rotatable bonds is 5. The van der Waals surface area contributed by atoms with Crippen LogP contribution in [0.2, 0.25) is 5.02 Å². The summed E-state index contributed by atoms with van der Waals surface area (Å²) in [5.41, 5.74) is -2.08. The van der Waals surface area contributed by atoms with Crippen molar-refractivity contribution in [3.8, 4) is 0 Å². The van der Waals surface area contributed by atoms with Gasteiger partial charge in [-0.2, -0.15) is 13.2 Å². The first-order chi connectivity index (χ1) is 15.3. The van der Waals surface area contributed by atoms with Crippen molar-refractivity contribution in [1.29, 1.82) is 0 Å². The molecule has 1 N–H and O–H groups in total. The molecule has 1 aromatic rings. The van der Waals surface area contributed by atoms with Gasteiger partial charge in [0.2, 0.25) is 0 Å². The average molecular weight is 492 g/mol. The van der Waals surface area contributed by atoms with E-state index in [0.717, 1.165) is 6.07 Å². The van der Waals surface area contributed by atoms with Crippen molar-refractivity contribution >= 4 is 41.2 Å². The van der Waals surface area contributed by atoms with Gasteiger partial charge in [-0.15, -0.1) is 0 Å². The summed E-state index contributed by atoms with van der Waals surface area (Å²) < 4.78 is 43.2. The molecule has 14 heteroatoms. The van der Waals surface area contributed by atoms with E-state index in [1.54, 1.807) is 4.90 Å². The van der Waals surface area contributed by atoms with Gasteiger partial charge in [0.1, 0.15) is 17.9 Å². The van der Waals surface area contributed by atoms with Crippen LogP contribution in [-0.4, -0.2) is 83.5 Å². The number of nitrogens with zero attached hydrogens (tertiary/aromatic N) is 4. The minimum Gasteiger partial charge on any atom is -0.454 e. The van der Waals surface area contributed by atoms with E-state index in [9.17, 15) is 32.3 Å². The van der Waals surface area contributed by atoms with Crippen molar-refractivity contribution < 1.29 is 37.1 Å². The molecular formula is C19H21ClF3N5O5. The van der Waals surface area contributed by atoms with E-state index in [1.165, 1.54) is 18.7 Å². The molecule has 33 heavy (non-hydrogen) atoms. The molecule has 180 valence electrons. The van der Waals surface area contributed by atoms with Gasteiger partial charge in [-0.3, -0.25) is 19.3 Å². The van der Waals surface area contributed by atoms with Crippen LogP contribution in [0.1, 0.15) is 19.4 Å². The van der Waals surface area contributed by atoms with Crippen LogP contribution in [-0.2, 0) is 25.3 Å². The monoisotopic (exact) mass is 491 g/mol. The van der Waals surface area contributed by atoms with Gasteiger partial charge in [-0.05, 0) is 19.9 Å². The highest BCUT2D eigenvalue weighted by Gasteiger charge is 2.45. The van der Waals surface area contributed by atoms with Crippen LogP contribution < -0.4 is 10.2 Å². The number of hydrogen-bond acceptors (Lipinski definition) is 7. The number of ether oxygens (including phenoxy) is 1. The molecule has 3 heterocycles. The molecule has 1 aromatic heterocycles. The predicted octanol–water partition coefficient (Wildman–Crippen LogP) is 1.28. The molecule has 0 bridgehead atoms. The number of pyridine rings is 1. The van der Waals surface area contributed by atoms with Gasteiger partial charge >= 0.3 is 18.2 Å². The number of piperazine rings is 1. The smallest absolute Gasteiger partial charge is 0.417 e. The number of alkyl halides is 3. The zero-order valence-corrected chi connectivity index (χ0v) is 18.5. The van der Waals surface area contributed by atoms with Crippen LogP contribution in [0.5, 0.6) is 0 Å². The quantitative estimate of drug-likeness (QED) is 0.487. The summed E-state index contributed by atoms with van der Waals surface area (Å²) >= 11 is 5.96. The lowest BCUT2D eigenvalue weighted by atomic mass is 10.1. The Kier molecular flexibility index (Phi) is 6.73. The van der Waals surface area contributed by atoms with Crippen molar-refractivity contribution in [2.24, 2.45) is 0 Å². The van der Waals surface area contributed by atoms with Gasteiger partial charge in [0, 0.05) is 32.4 Å². The van der Waals surface area contributed by atoms with E-state index >= 15 is 0 Å². The van der Waals surface area contributed by atoms with Crippen molar-refractivity contribution in [2.75, 3.05) is 44.2 Å². The second-order valence-corrected chi connectivity index (χ2v) is 8.41. The molecule has 0 aliphatic carbocycles. The number of amides is 4. The van der Waals surface area contributed by atoms with Crippen molar-refractivity contribution in [3.05, 3.63) is 22.8 Å². The van der Waals surface area contributed by atoms with E-state index < -0.39 is 54.2 Å². The molecule has 0 aromatic carbocycles. The lowest BCUT2D eigenvalue weighted by Crippen LogP contribution is -2.50. The molecule has 0 atom stereocenters. The first-order valence-electron chi connectivity index (χ1n) is 9.85. The highest BCUT2D eigenvalue weighted by molar-refractivity contribution is 6.33. The number of halogens is 4. The average Bonchev–Trinajstić information content (AvgIpc) is 2.93. The Morgan fingerprint density at radius 2 is 1.85 bits per heavy atom. The third-order valence-corrected chi connectivity index (χ3v) is 5.45. The molecule has 10 nitrogen and oxygen atoms in total. The number of anilines is 1. The topological polar surface area (TPSA) is 112 Å². The summed E-state index contributed by atoms with van der Waals surface area (Å²) in [7, 11) is 0. The predicted molar refractivity (Wildman–Crippen MR) is 108 cm³/mol. The Morgan fingerprint density at radius 1 is 1.21 bits per heavy atom. The maximum atomic E-state index is 12.8. The van der Waals surface area contributed by atoms with Crippen molar-refractivity contribution in [2.45, 2.75) is 25.6 Å². The highest BCUT2D eigenvalue weighted by atomic mass is 35.5. The first kappa shape index (κ1) is 24.6. The number of imide groups is 1. The van der Waals surface area contributed by atoms with E-state index in [0.29, 0.717) is 11.1 Å². The Morgan fingerprint density at radius 3 is 2.36 bits per heavy atom. The first-order valence-corrected chi connectivity index (χ1v) is 10.2. The Bertz CT molecular complexity index is 979. The maximum absolute atomic E-state index is 12.8. The number of urea groups is 1. The fourth-order valence-electron chi connectivity index (χ4n) is 3.36. The minimum atomic E-state index is -4.56. The van der Waals surface area contributed by atoms with Gasteiger partial charge < -0.3 is 19.9 Å². The van der Waals surface area contributed by atoms with Gasteiger partial charge in [-0.1, -0.05) is 11.6 Å². The molecule has 0 spiro atoms. The minimum absolute atomic E-state index is 0.151. The van der Waals surface area contributed by atoms with Gasteiger partial charge in [0.05, 0.1) is 10.6 Å². The van der Waals surface area contributed by atoms with Crippen LogP contribution >= 0.6 is 11.6 Å². The molecule has 3 rings (SSSR count). The number of aromatic nitrogens is 1. The lowest BCUT2D eigenvalue weighted by molar-refractivity contribution is -0.153. The molecule has 0 saturated carbocycles. The summed E-state index contributed by atoms with van der Waals surface area (Å²) in [6.07, 6.45) is -3.86. The molecule has 2 saturated heterocycles. The van der Waals surface area contributed by atoms with Crippen LogP contribution in [0.25, 0.3) is 0 Å². The molecule has 0 unspecified atom stereocenters. The van der Waals surface area contributed by atoms with E-state index in [2.05, 4.69) is 10.3 Å². The fourth-order valence-corrected chi connectivity index (χ4v) is 3.64. The third-order valence-electron chi connectivity index (χ3n) is 5.17. The summed E-state index contributed by atoms with van der Waals surface area (Å²) in [5, 5.41) is 2.28. The number of nitrogens with one attached hydrogen (secondary N) is 1. The maximum Gasteiger partial charge on any atom is 0.417 e. The normalized spacial score (nSPS) is 18.4. The molecule has 2 fully saturated rings. The van der Waals surface area contributed by atoms with Crippen LogP contribution in [0.3, 0.4) is 0 Å². The standard InChI is InChI=1S/C19H21ClF3N5O5/c1-18(2)16(31)28(17(32)25-18)9-14(30)33-10-13(29)26-3-5-27(6-4-26)15-12(20)7-11(8-24-15)19(21,22)23/h7-8H,3-6,9-10H2,1-2H3,(H,25,32). The second kappa shape index (κ2) is 9.04. The largest absolute Gasteiger partial charge is 0.454 e. The van der Waals surface area contributed by atoms with Crippen molar-refractivity contribution in [3.63, 3.8) is 0 Å². The number of esters is 1. The zero-order valence-electron chi connectivity index (χ0n) is 17.7. The Hall–Kier alpha value is -3.09. The van der Waals surface area contributed by atoms with Gasteiger partial charge in [-0.25, -0.2) is 9.78 Å². The number of carbonyl (C=O) groups is 4. The number of hydrogen-bond donors (Lipinski definition) is 1. The summed E-state index contributed by atoms with van der Waals surface area (Å²) in [6.45, 7) is 2.72. The van der Waals surface area contributed by atoms with E-state index in [4.69, 9.17) is 16.3 Å². The van der Waals surface area contributed by atoms with Gasteiger partial charge in [0.25, 0.3) is 11.8 Å². The number of carbonyl (C=O) groups excluding carboxylic acids is 4. The summed E-state index contributed by atoms with van der Waals surface area (Å²) in [5.74, 6) is -1.81.